The lowest BCUT2D eigenvalue weighted by Gasteiger charge is -2.26. The molecule has 1 aliphatic heterocycles. The molecule has 0 saturated carbocycles. The monoisotopic (exact) mass is 329 g/mol. The number of rotatable bonds is 7. The summed E-state index contributed by atoms with van der Waals surface area (Å²) in [6.45, 7) is 11.1. The van der Waals surface area contributed by atoms with Crippen molar-refractivity contribution in [3.63, 3.8) is 0 Å². The molecule has 130 valence electrons. The number of ether oxygens (including phenoxy) is 1. The highest BCUT2D eigenvalue weighted by Crippen LogP contribution is 2.23. The summed E-state index contributed by atoms with van der Waals surface area (Å²) in [5, 5.41) is 11.8. The van der Waals surface area contributed by atoms with Crippen molar-refractivity contribution in [2.24, 2.45) is 0 Å². The first-order valence-electron chi connectivity index (χ1n) is 8.73. The first-order chi connectivity index (χ1) is 11.7. The predicted octanol–water partition coefficient (Wildman–Crippen LogP) is 1.77. The molecule has 0 bridgehead atoms. The van der Waals surface area contributed by atoms with Gasteiger partial charge in [0.15, 0.2) is 0 Å². The van der Waals surface area contributed by atoms with Gasteiger partial charge in [0, 0.05) is 39.3 Å². The molecule has 0 atom stereocenters. The quantitative estimate of drug-likeness (QED) is 0.839. The SMILES string of the molecule is Cc1cccc(C)c1OCc1cn(CCCN2CCNCC2)nn1. The molecule has 1 saturated heterocycles. The fraction of sp³-hybridized carbons (Fsp3) is 0.556. The van der Waals surface area contributed by atoms with E-state index in [0.717, 1.165) is 68.3 Å². The Morgan fingerprint density at radius 2 is 1.88 bits per heavy atom. The Balaban J connectivity index is 1.45. The van der Waals surface area contributed by atoms with Crippen LogP contribution in [-0.4, -0.2) is 52.6 Å². The minimum Gasteiger partial charge on any atom is -0.487 e. The minimum absolute atomic E-state index is 0.462. The molecule has 6 nitrogen and oxygen atoms in total. The van der Waals surface area contributed by atoms with Crippen LogP contribution < -0.4 is 10.1 Å². The molecule has 1 aromatic heterocycles. The Morgan fingerprint density at radius 1 is 1.12 bits per heavy atom. The molecule has 1 aliphatic rings. The molecule has 0 aliphatic carbocycles. The second-order valence-corrected chi connectivity index (χ2v) is 6.43. The smallest absolute Gasteiger partial charge is 0.134 e. The molecule has 1 aromatic carbocycles. The van der Waals surface area contributed by atoms with Crippen molar-refractivity contribution in [1.82, 2.24) is 25.2 Å². The van der Waals surface area contributed by atoms with Crippen molar-refractivity contribution in [3.8, 4) is 5.75 Å². The lowest BCUT2D eigenvalue weighted by molar-refractivity contribution is 0.233. The van der Waals surface area contributed by atoms with Crippen LogP contribution in [0.3, 0.4) is 0 Å². The van der Waals surface area contributed by atoms with Crippen molar-refractivity contribution in [3.05, 3.63) is 41.2 Å². The van der Waals surface area contributed by atoms with Gasteiger partial charge >= 0.3 is 0 Å². The van der Waals surface area contributed by atoms with E-state index in [-0.39, 0.29) is 0 Å². The molecular weight excluding hydrogens is 302 g/mol. The van der Waals surface area contributed by atoms with Crippen LogP contribution in [-0.2, 0) is 13.2 Å². The molecule has 24 heavy (non-hydrogen) atoms. The number of nitrogens with zero attached hydrogens (tertiary/aromatic N) is 4. The molecule has 0 unspecified atom stereocenters. The van der Waals surface area contributed by atoms with Crippen molar-refractivity contribution < 1.29 is 4.74 Å². The van der Waals surface area contributed by atoms with Gasteiger partial charge in [0.2, 0.25) is 0 Å². The third-order valence-corrected chi connectivity index (χ3v) is 4.43. The maximum absolute atomic E-state index is 5.94. The summed E-state index contributed by atoms with van der Waals surface area (Å²) >= 11 is 0. The van der Waals surface area contributed by atoms with E-state index in [9.17, 15) is 0 Å². The Hall–Kier alpha value is -1.92. The van der Waals surface area contributed by atoms with Crippen molar-refractivity contribution >= 4 is 0 Å². The van der Waals surface area contributed by atoms with Crippen LogP contribution in [0.25, 0.3) is 0 Å². The molecule has 1 fully saturated rings. The molecular formula is C18H27N5O. The summed E-state index contributed by atoms with van der Waals surface area (Å²) in [6.07, 6.45) is 3.09. The van der Waals surface area contributed by atoms with Crippen LogP contribution >= 0.6 is 0 Å². The second kappa shape index (κ2) is 8.26. The number of piperazine rings is 1. The van der Waals surface area contributed by atoms with E-state index in [1.807, 2.05) is 16.9 Å². The lowest BCUT2D eigenvalue weighted by Crippen LogP contribution is -2.43. The number of benzene rings is 1. The summed E-state index contributed by atoms with van der Waals surface area (Å²) in [5.41, 5.74) is 3.18. The summed E-state index contributed by atoms with van der Waals surface area (Å²) in [4.78, 5) is 2.50. The first kappa shape index (κ1) is 16.9. The van der Waals surface area contributed by atoms with E-state index in [1.54, 1.807) is 0 Å². The van der Waals surface area contributed by atoms with Crippen LogP contribution in [0.5, 0.6) is 5.75 Å². The van der Waals surface area contributed by atoms with E-state index >= 15 is 0 Å². The molecule has 2 aromatic rings. The highest BCUT2D eigenvalue weighted by atomic mass is 16.5. The third-order valence-electron chi connectivity index (χ3n) is 4.43. The van der Waals surface area contributed by atoms with Gasteiger partial charge in [-0.2, -0.15) is 0 Å². The maximum atomic E-state index is 5.94. The number of aryl methyl sites for hydroxylation is 3. The van der Waals surface area contributed by atoms with Crippen LogP contribution in [0.2, 0.25) is 0 Å². The van der Waals surface area contributed by atoms with Gasteiger partial charge in [0.1, 0.15) is 18.1 Å². The molecule has 0 radical (unpaired) electrons. The van der Waals surface area contributed by atoms with E-state index < -0.39 is 0 Å². The lowest BCUT2D eigenvalue weighted by atomic mass is 10.1. The maximum Gasteiger partial charge on any atom is 0.134 e. The fourth-order valence-corrected chi connectivity index (χ4v) is 3.08. The Labute approximate surface area is 143 Å². The summed E-state index contributed by atoms with van der Waals surface area (Å²) in [6, 6.07) is 6.18. The van der Waals surface area contributed by atoms with Crippen molar-refractivity contribution in [2.45, 2.75) is 33.4 Å². The zero-order valence-electron chi connectivity index (χ0n) is 14.7. The van der Waals surface area contributed by atoms with Gasteiger partial charge in [0.05, 0.1) is 6.20 Å². The van der Waals surface area contributed by atoms with E-state index in [1.165, 1.54) is 0 Å². The third kappa shape index (κ3) is 4.55. The van der Waals surface area contributed by atoms with E-state index in [4.69, 9.17) is 4.74 Å². The normalized spacial score (nSPS) is 15.6. The topological polar surface area (TPSA) is 55.2 Å². The molecule has 2 heterocycles. The van der Waals surface area contributed by atoms with Gasteiger partial charge in [-0.05, 0) is 31.4 Å². The van der Waals surface area contributed by atoms with Crippen LogP contribution in [0.4, 0.5) is 0 Å². The predicted molar refractivity (Wildman–Crippen MR) is 94.2 cm³/mol. The molecule has 0 spiro atoms. The number of hydrogen-bond acceptors (Lipinski definition) is 5. The van der Waals surface area contributed by atoms with Crippen LogP contribution in [0.1, 0.15) is 23.2 Å². The molecule has 0 amide bonds. The summed E-state index contributed by atoms with van der Waals surface area (Å²) < 4.78 is 7.86. The van der Waals surface area contributed by atoms with Gasteiger partial charge < -0.3 is 15.0 Å². The summed E-state index contributed by atoms with van der Waals surface area (Å²) in [7, 11) is 0. The fourth-order valence-electron chi connectivity index (χ4n) is 3.08. The van der Waals surface area contributed by atoms with Crippen LogP contribution in [0, 0.1) is 13.8 Å². The zero-order chi connectivity index (χ0) is 16.8. The van der Waals surface area contributed by atoms with Gasteiger partial charge in [-0.15, -0.1) is 5.10 Å². The number of para-hydroxylation sites is 1. The number of nitrogens with one attached hydrogen (secondary N) is 1. The second-order valence-electron chi connectivity index (χ2n) is 6.43. The molecule has 1 N–H and O–H groups in total. The van der Waals surface area contributed by atoms with E-state index in [2.05, 4.69) is 46.5 Å². The first-order valence-corrected chi connectivity index (χ1v) is 8.73. The Morgan fingerprint density at radius 3 is 2.62 bits per heavy atom. The average molecular weight is 329 g/mol. The minimum atomic E-state index is 0.462. The Kier molecular flexibility index (Phi) is 5.82. The number of aromatic nitrogens is 3. The summed E-state index contributed by atoms with van der Waals surface area (Å²) in [5.74, 6) is 0.950. The highest BCUT2D eigenvalue weighted by molar-refractivity contribution is 5.39. The van der Waals surface area contributed by atoms with Crippen molar-refractivity contribution in [1.29, 1.82) is 0 Å². The standard InChI is InChI=1S/C18H27N5O/c1-15-5-3-6-16(2)18(15)24-14-17-13-23(21-20-17)10-4-9-22-11-7-19-8-12-22/h3,5-6,13,19H,4,7-12,14H2,1-2H3. The van der Waals surface area contributed by atoms with Crippen molar-refractivity contribution in [2.75, 3.05) is 32.7 Å². The molecule has 6 heteroatoms. The van der Waals surface area contributed by atoms with Crippen LogP contribution in [0.15, 0.2) is 24.4 Å². The largest absolute Gasteiger partial charge is 0.487 e. The van der Waals surface area contributed by atoms with Gasteiger partial charge in [0.25, 0.3) is 0 Å². The van der Waals surface area contributed by atoms with Gasteiger partial charge in [-0.1, -0.05) is 23.4 Å². The van der Waals surface area contributed by atoms with Gasteiger partial charge in [-0.25, -0.2) is 0 Å². The zero-order valence-corrected chi connectivity index (χ0v) is 14.7. The Bertz CT molecular complexity index is 628. The average Bonchev–Trinajstić information content (AvgIpc) is 3.03. The highest BCUT2D eigenvalue weighted by Gasteiger charge is 2.09. The van der Waals surface area contributed by atoms with Gasteiger partial charge in [-0.3, -0.25) is 4.68 Å². The molecule has 3 rings (SSSR count). The number of hydrogen-bond donors (Lipinski definition) is 1. The van der Waals surface area contributed by atoms with E-state index in [0.29, 0.717) is 6.61 Å².